The average Bonchev–Trinajstić information content (AvgIpc) is 3.20. The number of carbonyl (C=O) groups is 1. The first-order valence-corrected chi connectivity index (χ1v) is 13.4. The lowest BCUT2D eigenvalue weighted by Gasteiger charge is -2.39. The zero-order valence-corrected chi connectivity index (χ0v) is 23.4. The molecule has 0 unspecified atom stereocenters. The minimum absolute atomic E-state index is 0.153. The first kappa shape index (κ1) is 26.9. The number of aryl methyl sites for hydroxylation is 3. The van der Waals surface area contributed by atoms with E-state index in [0.717, 1.165) is 65.3 Å². The van der Waals surface area contributed by atoms with Gasteiger partial charge in [-0.2, -0.15) is 5.10 Å². The summed E-state index contributed by atoms with van der Waals surface area (Å²) < 4.78 is 1.84. The number of hydrogen-bond donors (Lipinski definition) is 2. The Balaban J connectivity index is 1.65. The van der Waals surface area contributed by atoms with Crippen molar-refractivity contribution in [2.75, 3.05) is 32.1 Å². The number of rotatable bonds is 8. The lowest BCUT2D eigenvalue weighted by Crippen LogP contribution is -2.40. The highest BCUT2D eigenvalue weighted by Gasteiger charge is 2.29. The van der Waals surface area contributed by atoms with E-state index in [2.05, 4.69) is 46.2 Å². The highest BCUT2D eigenvalue weighted by molar-refractivity contribution is 6.05. The van der Waals surface area contributed by atoms with Gasteiger partial charge in [0.2, 0.25) is 0 Å². The van der Waals surface area contributed by atoms with Crippen LogP contribution in [0.25, 0.3) is 10.9 Å². The van der Waals surface area contributed by atoms with Gasteiger partial charge in [0.25, 0.3) is 11.5 Å². The van der Waals surface area contributed by atoms with Gasteiger partial charge in [0, 0.05) is 54.9 Å². The molecule has 0 spiro atoms. The summed E-state index contributed by atoms with van der Waals surface area (Å²) in [6.45, 7) is 10.2. The molecule has 0 bridgehead atoms. The third kappa shape index (κ3) is 5.59. The molecule has 0 aliphatic heterocycles. The van der Waals surface area contributed by atoms with Gasteiger partial charge < -0.3 is 20.1 Å². The molecular formula is C29H42N6O2. The minimum atomic E-state index is -0.174. The van der Waals surface area contributed by atoms with E-state index in [0.29, 0.717) is 17.2 Å². The second-order valence-corrected chi connectivity index (χ2v) is 10.9. The number of nitrogens with zero attached hydrogens (tertiary/aromatic N) is 4. The van der Waals surface area contributed by atoms with Crippen molar-refractivity contribution in [2.24, 2.45) is 13.0 Å². The van der Waals surface area contributed by atoms with Gasteiger partial charge in [-0.05, 0) is 96.7 Å². The summed E-state index contributed by atoms with van der Waals surface area (Å²) in [5, 5.41) is 8.63. The number of aromatic nitrogens is 3. The van der Waals surface area contributed by atoms with Crippen LogP contribution in [-0.2, 0) is 13.6 Å². The van der Waals surface area contributed by atoms with Crippen molar-refractivity contribution < 1.29 is 4.79 Å². The Morgan fingerprint density at radius 1 is 1.16 bits per heavy atom. The number of fused-ring (bicyclic) bond motifs is 1. The van der Waals surface area contributed by atoms with Crippen LogP contribution in [0, 0.1) is 26.7 Å². The van der Waals surface area contributed by atoms with E-state index in [-0.39, 0.29) is 18.0 Å². The molecule has 1 aromatic carbocycles. The Labute approximate surface area is 220 Å². The number of H-pyrrole nitrogens is 1. The average molecular weight is 507 g/mol. The maximum absolute atomic E-state index is 13.5. The van der Waals surface area contributed by atoms with Crippen LogP contribution in [0.5, 0.6) is 0 Å². The van der Waals surface area contributed by atoms with E-state index in [1.807, 2.05) is 50.8 Å². The molecule has 1 amide bonds. The van der Waals surface area contributed by atoms with Gasteiger partial charge in [-0.3, -0.25) is 14.3 Å². The van der Waals surface area contributed by atoms with Gasteiger partial charge in [0.15, 0.2) is 0 Å². The number of amides is 1. The molecule has 1 saturated carbocycles. The summed E-state index contributed by atoms with van der Waals surface area (Å²) in [6.07, 6.45) is 6.67. The fraction of sp³-hybridized carbons (Fsp3) is 0.552. The molecule has 0 radical (unpaired) electrons. The van der Waals surface area contributed by atoms with Crippen LogP contribution in [-0.4, -0.2) is 58.8 Å². The van der Waals surface area contributed by atoms with Crippen molar-refractivity contribution in [1.29, 1.82) is 0 Å². The predicted molar refractivity (Wildman–Crippen MR) is 150 cm³/mol. The van der Waals surface area contributed by atoms with Crippen LogP contribution in [0.1, 0.15) is 65.3 Å². The number of pyridine rings is 1. The van der Waals surface area contributed by atoms with Crippen molar-refractivity contribution in [2.45, 2.75) is 66.0 Å². The highest BCUT2D eigenvalue weighted by Crippen LogP contribution is 2.38. The first-order valence-electron chi connectivity index (χ1n) is 13.4. The number of nitrogens with one attached hydrogen (secondary N) is 2. The molecule has 0 atom stereocenters. The van der Waals surface area contributed by atoms with Crippen molar-refractivity contribution >= 4 is 22.5 Å². The molecule has 1 fully saturated rings. The van der Waals surface area contributed by atoms with E-state index in [1.54, 1.807) is 0 Å². The van der Waals surface area contributed by atoms with E-state index in [1.165, 1.54) is 12.8 Å². The Bertz CT molecular complexity index is 1330. The quantitative estimate of drug-likeness (QED) is 0.481. The summed E-state index contributed by atoms with van der Waals surface area (Å²) in [4.78, 5) is 33.6. The Hall–Kier alpha value is -3.13. The third-order valence-electron chi connectivity index (χ3n) is 7.95. The van der Waals surface area contributed by atoms with E-state index in [4.69, 9.17) is 0 Å². The normalized spacial score (nSPS) is 17.9. The SMILES string of the molecule is CCN(c1c(C)c(C(=O)NCc2c(C)cc(C)[nH]c2=O)cc2c1cnn2C)C1CCC(CN(C)C)CC1. The van der Waals surface area contributed by atoms with E-state index < -0.39 is 0 Å². The van der Waals surface area contributed by atoms with Gasteiger partial charge in [0.05, 0.1) is 17.4 Å². The van der Waals surface area contributed by atoms with Crippen molar-refractivity contribution in [1.82, 2.24) is 25.0 Å². The van der Waals surface area contributed by atoms with Crippen LogP contribution in [0.3, 0.4) is 0 Å². The summed E-state index contributed by atoms with van der Waals surface area (Å²) in [6, 6.07) is 4.31. The molecule has 8 heteroatoms. The number of benzene rings is 1. The molecule has 2 heterocycles. The van der Waals surface area contributed by atoms with Crippen molar-refractivity contribution in [3.05, 3.63) is 56.6 Å². The minimum Gasteiger partial charge on any atom is -0.368 e. The van der Waals surface area contributed by atoms with Gasteiger partial charge >= 0.3 is 0 Å². The number of carbonyl (C=O) groups excluding carboxylic acids is 1. The molecule has 37 heavy (non-hydrogen) atoms. The molecule has 8 nitrogen and oxygen atoms in total. The van der Waals surface area contributed by atoms with E-state index in [9.17, 15) is 9.59 Å². The molecule has 2 N–H and O–H groups in total. The predicted octanol–water partition coefficient (Wildman–Crippen LogP) is 4.06. The second kappa shape index (κ2) is 11.1. The fourth-order valence-corrected chi connectivity index (χ4v) is 6.10. The first-order chi connectivity index (χ1) is 17.6. The molecule has 0 saturated heterocycles. The largest absolute Gasteiger partial charge is 0.368 e. The summed E-state index contributed by atoms with van der Waals surface area (Å²) in [7, 11) is 6.22. The van der Waals surface area contributed by atoms with Crippen LogP contribution in [0.4, 0.5) is 5.69 Å². The van der Waals surface area contributed by atoms with Crippen LogP contribution in [0.15, 0.2) is 23.1 Å². The number of anilines is 1. The molecule has 3 aromatic rings. The lowest BCUT2D eigenvalue weighted by molar-refractivity contribution is 0.0950. The molecule has 200 valence electrons. The third-order valence-corrected chi connectivity index (χ3v) is 7.95. The molecule has 4 rings (SSSR count). The Morgan fingerprint density at radius 3 is 2.49 bits per heavy atom. The maximum Gasteiger partial charge on any atom is 0.253 e. The zero-order valence-electron chi connectivity index (χ0n) is 23.4. The smallest absolute Gasteiger partial charge is 0.253 e. The summed E-state index contributed by atoms with van der Waals surface area (Å²) in [5.41, 5.74) is 5.77. The summed E-state index contributed by atoms with van der Waals surface area (Å²) >= 11 is 0. The molecule has 2 aromatic heterocycles. The highest BCUT2D eigenvalue weighted by atomic mass is 16.1. The Kier molecular flexibility index (Phi) is 8.07. The van der Waals surface area contributed by atoms with Crippen molar-refractivity contribution in [3.8, 4) is 0 Å². The number of hydrogen-bond acceptors (Lipinski definition) is 5. The van der Waals surface area contributed by atoms with Gasteiger partial charge in [-0.1, -0.05) is 0 Å². The van der Waals surface area contributed by atoms with Crippen LogP contribution < -0.4 is 15.8 Å². The maximum atomic E-state index is 13.5. The Morgan fingerprint density at radius 2 is 1.86 bits per heavy atom. The van der Waals surface area contributed by atoms with Gasteiger partial charge in [-0.25, -0.2) is 0 Å². The zero-order chi connectivity index (χ0) is 26.9. The molecule has 1 aliphatic rings. The monoisotopic (exact) mass is 506 g/mol. The van der Waals surface area contributed by atoms with Crippen molar-refractivity contribution in [3.63, 3.8) is 0 Å². The number of aromatic amines is 1. The van der Waals surface area contributed by atoms with Gasteiger partial charge in [-0.15, -0.1) is 0 Å². The molecule has 1 aliphatic carbocycles. The topological polar surface area (TPSA) is 86.3 Å². The summed E-state index contributed by atoms with van der Waals surface area (Å²) in [5.74, 6) is 0.571. The van der Waals surface area contributed by atoms with Gasteiger partial charge in [0.1, 0.15) is 0 Å². The second-order valence-electron chi connectivity index (χ2n) is 10.9. The lowest BCUT2D eigenvalue weighted by atomic mass is 9.84. The molecular weight excluding hydrogens is 464 g/mol. The van der Waals surface area contributed by atoms with E-state index >= 15 is 0 Å². The fourth-order valence-electron chi connectivity index (χ4n) is 6.10. The van der Waals surface area contributed by atoms with Crippen LogP contribution in [0.2, 0.25) is 0 Å². The standard InChI is InChI=1S/C29H42N6O2/c1-8-35(22-11-9-21(10-12-22)17-33(5)6)27-20(4)23(14-26-25(27)16-31-34(26)7)28(36)30-15-24-18(2)13-19(3)32-29(24)37/h13-14,16,21-22H,8-12,15,17H2,1-7H3,(H,30,36)(H,32,37). The van der Waals surface area contributed by atoms with Crippen LogP contribution >= 0.6 is 0 Å².